The van der Waals surface area contributed by atoms with Gasteiger partial charge in [0.05, 0.1) is 17.1 Å². The highest BCUT2D eigenvalue weighted by atomic mass is 19.3. The third-order valence-electron chi connectivity index (χ3n) is 6.78. The van der Waals surface area contributed by atoms with Crippen molar-refractivity contribution in [3.05, 3.63) is 66.2 Å². The van der Waals surface area contributed by atoms with Crippen LogP contribution >= 0.6 is 0 Å². The molecule has 0 spiro atoms. The lowest BCUT2D eigenvalue weighted by molar-refractivity contribution is -0.120. The molecule has 1 atom stereocenters. The Bertz CT molecular complexity index is 1420. The molecule has 1 saturated heterocycles. The van der Waals surface area contributed by atoms with Crippen molar-refractivity contribution in [2.24, 2.45) is 0 Å². The van der Waals surface area contributed by atoms with E-state index in [4.69, 9.17) is 9.72 Å². The van der Waals surface area contributed by atoms with Crippen molar-refractivity contribution in [1.29, 1.82) is 0 Å². The van der Waals surface area contributed by atoms with Crippen LogP contribution < -0.4 is 15.0 Å². The Morgan fingerprint density at radius 1 is 1.03 bits per heavy atom. The van der Waals surface area contributed by atoms with Crippen LogP contribution in [-0.2, 0) is 11.2 Å². The predicted octanol–water partition coefficient (Wildman–Crippen LogP) is 3.96. The number of hydrogen-bond donors (Lipinski definition) is 1. The second-order valence-corrected chi connectivity index (χ2v) is 8.93. The summed E-state index contributed by atoms with van der Waals surface area (Å²) in [4.78, 5) is 27.5. The minimum Gasteiger partial charge on any atom is -0.434 e. The molecule has 10 heteroatoms. The summed E-state index contributed by atoms with van der Waals surface area (Å²) in [6, 6.07) is 12.8. The molecule has 0 radical (unpaired) electrons. The van der Waals surface area contributed by atoms with Gasteiger partial charge in [0, 0.05) is 56.0 Å². The van der Waals surface area contributed by atoms with Gasteiger partial charge >= 0.3 is 6.61 Å². The number of benzene rings is 2. The SMILES string of the molecule is O=C1CCN(c2ncc(-c3ccc4nc5n(c4c3)[C@@H](c3ccccc3OC(F)F)CC5)cn2)CCN1. The number of ether oxygens (including phenoxy) is 1. The maximum absolute atomic E-state index is 13.0. The van der Waals surface area contributed by atoms with Gasteiger partial charge in [0.2, 0.25) is 11.9 Å². The van der Waals surface area contributed by atoms with E-state index in [9.17, 15) is 13.6 Å². The van der Waals surface area contributed by atoms with E-state index in [2.05, 4.69) is 19.9 Å². The summed E-state index contributed by atoms with van der Waals surface area (Å²) in [7, 11) is 0. The van der Waals surface area contributed by atoms with Gasteiger partial charge < -0.3 is 19.5 Å². The molecule has 4 heterocycles. The molecular formula is C26H24F2N6O2. The first-order valence-electron chi connectivity index (χ1n) is 12.0. The minimum atomic E-state index is -2.88. The van der Waals surface area contributed by atoms with E-state index in [1.165, 1.54) is 0 Å². The van der Waals surface area contributed by atoms with E-state index in [-0.39, 0.29) is 17.7 Å². The Morgan fingerprint density at radius 2 is 1.86 bits per heavy atom. The Hall–Kier alpha value is -4.08. The number of carbonyl (C=O) groups is 1. The van der Waals surface area contributed by atoms with Crippen molar-refractivity contribution in [3.8, 4) is 16.9 Å². The number of alkyl halides is 2. The molecule has 2 aliphatic heterocycles. The highest BCUT2D eigenvalue weighted by Crippen LogP contribution is 2.40. The number of fused-ring (bicyclic) bond motifs is 3. The van der Waals surface area contributed by atoms with E-state index in [0.29, 0.717) is 32.0 Å². The number of nitrogens with one attached hydrogen (secondary N) is 1. The van der Waals surface area contributed by atoms with Crippen LogP contribution in [0.5, 0.6) is 5.75 Å². The monoisotopic (exact) mass is 490 g/mol. The molecule has 2 aromatic heterocycles. The molecular weight excluding hydrogens is 466 g/mol. The molecule has 184 valence electrons. The van der Waals surface area contributed by atoms with Crippen LogP contribution in [0.25, 0.3) is 22.2 Å². The largest absolute Gasteiger partial charge is 0.434 e. The molecule has 1 fully saturated rings. The van der Waals surface area contributed by atoms with Gasteiger partial charge in [-0.3, -0.25) is 4.79 Å². The van der Waals surface area contributed by atoms with Crippen LogP contribution in [-0.4, -0.2) is 51.7 Å². The summed E-state index contributed by atoms with van der Waals surface area (Å²) in [5, 5.41) is 2.85. The first-order chi connectivity index (χ1) is 17.6. The number of nitrogens with zero attached hydrogens (tertiary/aromatic N) is 5. The van der Waals surface area contributed by atoms with Crippen LogP contribution in [0.4, 0.5) is 14.7 Å². The molecule has 1 N–H and O–H groups in total. The quantitative estimate of drug-likeness (QED) is 0.456. The van der Waals surface area contributed by atoms with Crippen molar-refractivity contribution in [2.45, 2.75) is 31.9 Å². The highest BCUT2D eigenvalue weighted by molar-refractivity contribution is 5.83. The van der Waals surface area contributed by atoms with Crippen LogP contribution in [0.3, 0.4) is 0 Å². The topological polar surface area (TPSA) is 85.2 Å². The molecule has 6 rings (SSSR count). The number of carbonyl (C=O) groups excluding carboxylic acids is 1. The van der Waals surface area contributed by atoms with Crippen LogP contribution in [0, 0.1) is 0 Å². The smallest absolute Gasteiger partial charge is 0.387 e. The lowest BCUT2D eigenvalue weighted by atomic mass is 10.0. The zero-order valence-corrected chi connectivity index (χ0v) is 19.4. The third-order valence-corrected chi connectivity index (χ3v) is 6.78. The minimum absolute atomic E-state index is 0.0393. The fraction of sp³-hybridized carbons (Fsp3) is 0.308. The zero-order valence-electron chi connectivity index (χ0n) is 19.4. The van der Waals surface area contributed by atoms with Gasteiger partial charge in [-0.2, -0.15) is 8.78 Å². The molecule has 1 amide bonds. The Kier molecular flexibility index (Phi) is 5.71. The fourth-order valence-corrected chi connectivity index (χ4v) is 5.10. The molecule has 2 aromatic carbocycles. The third kappa shape index (κ3) is 4.12. The first kappa shape index (κ1) is 22.4. The summed E-state index contributed by atoms with van der Waals surface area (Å²) in [5.74, 6) is 1.75. The lowest BCUT2D eigenvalue weighted by Gasteiger charge is -2.19. The van der Waals surface area contributed by atoms with Crippen molar-refractivity contribution in [3.63, 3.8) is 0 Å². The van der Waals surface area contributed by atoms with Crippen LogP contribution in [0.2, 0.25) is 0 Å². The number of rotatable bonds is 5. The van der Waals surface area contributed by atoms with Gasteiger partial charge in [-0.1, -0.05) is 24.3 Å². The number of hydrogen-bond acceptors (Lipinski definition) is 6. The molecule has 0 aliphatic carbocycles. The summed E-state index contributed by atoms with van der Waals surface area (Å²) >= 11 is 0. The number of para-hydroxylation sites is 1. The van der Waals surface area contributed by atoms with E-state index in [0.717, 1.165) is 46.4 Å². The van der Waals surface area contributed by atoms with Gasteiger partial charge in [-0.15, -0.1) is 0 Å². The van der Waals surface area contributed by atoms with Gasteiger partial charge in [0.15, 0.2) is 0 Å². The number of aryl methyl sites for hydroxylation is 1. The summed E-state index contributed by atoms with van der Waals surface area (Å²) in [6.07, 6.45) is 5.50. The van der Waals surface area contributed by atoms with Gasteiger partial charge in [0.25, 0.3) is 0 Å². The van der Waals surface area contributed by atoms with E-state index in [1.807, 2.05) is 35.2 Å². The molecule has 0 unspecified atom stereocenters. The number of aromatic nitrogens is 4. The Balaban J connectivity index is 1.33. The lowest BCUT2D eigenvalue weighted by Crippen LogP contribution is -2.29. The summed E-state index contributed by atoms with van der Waals surface area (Å²) in [5.41, 5.74) is 4.30. The number of imidazole rings is 1. The average molecular weight is 491 g/mol. The first-order valence-corrected chi connectivity index (χ1v) is 12.0. The maximum atomic E-state index is 13.0. The molecule has 4 aromatic rings. The Labute approximate surface area is 205 Å². The molecule has 0 saturated carbocycles. The summed E-state index contributed by atoms with van der Waals surface area (Å²) < 4.78 is 33.0. The van der Waals surface area contributed by atoms with Crippen molar-refractivity contribution < 1.29 is 18.3 Å². The standard InChI is InChI=1S/C26H24F2N6O2/c27-25(28)36-22-4-2-1-3-18(22)20-7-8-23-32-19-6-5-16(13-21(19)34(20)23)17-14-30-26(31-15-17)33-11-9-24(35)29-10-12-33/h1-6,13-15,20,25H,7-12H2,(H,29,35)/t20-/m1/s1. The maximum Gasteiger partial charge on any atom is 0.387 e. The zero-order chi connectivity index (χ0) is 24.6. The fourth-order valence-electron chi connectivity index (χ4n) is 5.10. The van der Waals surface area contributed by atoms with Crippen molar-refractivity contribution in [1.82, 2.24) is 24.8 Å². The van der Waals surface area contributed by atoms with Crippen molar-refractivity contribution in [2.75, 3.05) is 24.5 Å². The second kappa shape index (κ2) is 9.18. The molecule has 2 aliphatic rings. The van der Waals surface area contributed by atoms with Crippen molar-refractivity contribution >= 4 is 22.9 Å². The normalized spacial score (nSPS) is 17.8. The van der Waals surface area contributed by atoms with E-state index in [1.54, 1.807) is 24.5 Å². The number of halogens is 2. The predicted molar refractivity (Wildman–Crippen MR) is 130 cm³/mol. The number of amides is 1. The van der Waals surface area contributed by atoms with E-state index < -0.39 is 6.61 Å². The molecule has 36 heavy (non-hydrogen) atoms. The van der Waals surface area contributed by atoms with Gasteiger partial charge in [0.1, 0.15) is 11.6 Å². The molecule has 0 bridgehead atoms. The van der Waals surface area contributed by atoms with Gasteiger partial charge in [-0.05, 0) is 30.2 Å². The summed E-state index contributed by atoms with van der Waals surface area (Å²) in [6.45, 7) is -1.07. The number of anilines is 1. The Morgan fingerprint density at radius 3 is 2.69 bits per heavy atom. The van der Waals surface area contributed by atoms with Crippen LogP contribution in [0.1, 0.15) is 30.3 Å². The molecule has 8 nitrogen and oxygen atoms in total. The van der Waals surface area contributed by atoms with Crippen LogP contribution in [0.15, 0.2) is 54.9 Å². The van der Waals surface area contributed by atoms with E-state index >= 15 is 0 Å². The second-order valence-electron chi connectivity index (χ2n) is 8.93. The highest BCUT2D eigenvalue weighted by Gasteiger charge is 2.30. The average Bonchev–Trinajstić information content (AvgIpc) is 3.37. The van der Waals surface area contributed by atoms with Gasteiger partial charge in [-0.25, -0.2) is 15.0 Å².